The first-order chi connectivity index (χ1) is 14.8. The molecule has 2 aromatic rings. The number of hydrogen-bond donors (Lipinski definition) is 2. The number of nitrogens with zero attached hydrogens (tertiary/aromatic N) is 2. The maximum absolute atomic E-state index is 13.7. The summed E-state index contributed by atoms with van der Waals surface area (Å²) in [5.74, 6) is -3.40. The number of pyridine rings is 1. The summed E-state index contributed by atoms with van der Waals surface area (Å²) < 4.78 is 33.7. The molecule has 0 bridgehead atoms. The van der Waals surface area contributed by atoms with Gasteiger partial charge in [-0.1, -0.05) is 6.07 Å². The van der Waals surface area contributed by atoms with Gasteiger partial charge in [0.25, 0.3) is 5.91 Å². The van der Waals surface area contributed by atoms with Gasteiger partial charge in [-0.05, 0) is 19.4 Å². The van der Waals surface area contributed by atoms with Crippen LogP contribution in [0.4, 0.5) is 8.78 Å². The Bertz CT molecular complexity index is 1120. The fourth-order valence-corrected chi connectivity index (χ4v) is 3.93. The number of benzene rings is 1. The van der Waals surface area contributed by atoms with Crippen LogP contribution in [0.25, 0.3) is 0 Å². The zero-order valence-electron chi connectivity index (χ0n) is 16.7. The van der Waals surface area contributed by atoms with Crippen molar-refractivity contribution in [2.75, 3.05) is 13.2 Å². The third-order valence-corrected chi connectivity index (χ3v) is 5.59. The average Bonchev–Trinajstić information content (AvgIpc) is 2.72. The number of aromatic nitrogens is 1. The van der Waals surface area contributed by atoms with Crippen LogP contribution in [0.5, 0.6) is 5.75 Å². The Morgan fingerprint density at radius 3 is 2.84 bits per heavy atom. The van der Waals surface area contributed by atoms with Gasteiger partial charge in [0.1, 0.15) is 11.6 Å². The van der Waals surface area contributed by atoms with Crippen LogP contribution in [-0.4, -0.2) is 51.7 Å². The first kappa shape index (κ1) is 21.1. The highest BCUT2D eigenvalue weighted by Crippen LogP contribution is 2.29. The average molecular weight is 433 g/mol. The van der Waals surface area contributed by atoms with Gasteiger partial charge in [-0.25, -0.2) is 8.78 Å². The fraction of sp³-hybridized carbons (Fsp3) is 0.381. The van der Waals surface area contributed by atoms with Crippen LogP contribution in [0, 0.1) is 11.6 Å². The van der Waals surface area contributed by atoms with Crippen molar-refractivity contribution in [3.63, 3.8) is 0 Å². The monoisotopic (exact) mass is 433 g/mol. The van der Waals surface area contributed by atoms with Crippen LogP contribution < -0.4 is 10.7 Å². The molecule has 1 aromatic heterocycles. The van der Waals surface area contributed by atoms with Crippen molar-refractivity contribution in [2.45, 2.75) is 38.7 Å². The molecule has 0 radical (unpaired) electrons. The first-order valence-electron chi connectivity index (χ1n) is 9.86. The SMILES string of the molecule is C[C@@H]1CCO[C@H]2Cn3cc(C(=O)CNCc4ccc(F)cc4F)c(=O)c(O)c3C(=O)N12. The summed E-state index contributed by atoms with van der Waals surface area (Å²) >= 11 is 0. The lowest BCUT2D eigenvalue weighted by Crippen LogP contribution is -2.57. The van der Waals surface area contributed by atoms with E-state index in [1.54, 1.807) is 0 Å². The number of carbonyl (C=O) groups excluding carboxylic acids is 2. The number of rotatable bonds is 5. The van der Waals surface area contributed by atoms with Gasteiger partial charge >= 0.3 is 0 Å². The van der Waals surface area contributed by atoms with Gasteiger partial charge in [0.2, 0.25) is 5.43 Å². The highest BCUT2D eigenvalue weighted by Gasteiger charge is 2.40. The van der Waals surface area contributed by atoms with Crippen LogP contribution in [0.15, 0.2) is 29.2 Å². The van der Waals surface area contributed by atoms with E-state index in [1.807, 2.05) is 6.92 Å². The van der Waals surface area contributed by atoms with E-state index in [0.717, 1.165) is 12.1 Å². The molecule has 2 N–H and O–H groups in total. The Balaban J connectivity index is 1.54. The molecular weight excluding hydrogens is 412 g/mol. The molecule has 0 unspecified atom stereocenters. The summed E-state index contributed by atoms with van der Waals surface area (Å²) in [4.78, 5) is 39.5. The summed E-state index contributed by atoms with van der Waals surface area (Å²) in [6, 6.07) is 2.99. The molecule has 8 nitrogen and oxygen atoms in total. The van der Waals surface area contributed by atoms with Gasteiger partial charge < -0.3 is 24.6 Å². The molecule has 2 aliphatic rings. The largest absolute Gasteiger partial charge is 0.503 e. The zero-order chi connectivity index (χ0) is 22.3. The van der Waals surface area contributed by atoms with Crippen molar-refractivity contribution in [1.82, 2.24) is 14.8 Å². The molecule has 3 heterocycles. The second-order valence-electron chi connectivity index (χ2n) is 7.66. The van der Waals surface area contributed by atoms with Crippen LogP contribution >= 0.6 is 0 Å². The lowest BCUT2D eigenvalue weighted by Gasteiger charge is -2.44. The van der Waals surface area contributed by atoms with Gasteiger partial charge in [-0.15, -0.1) is 0 Å². The number of carbonyl (C=O) groups is 2. The van der Waals surface area contributed by atoms with Gasteiger partial charge in [0.15, 0.2) is 23.5 Å². The van der Waals surface area contributed by atoms with Crippen LogP contribution in [-0.2, 0) is 17.8 Å². The van der Waals surface area contributed by atoms with Crippen LogP contribution in [0.1, 0.15) is 39.8 Å². The number of hydrogen-bond acceptors (Lipinski definition) is 6. The number of halogens is 2. The smallest absolute Gasteiger partial charge is 0.276 e. The molecule has 1 fully saturated rings. The Morgan fingerprint density at radius 2 is 2.10 bits per heavy atom. The Morgan fingerprint density at radius 1 is 1.32 bits per heavy atom. The number of ether oxygens (including phenoxy) is 1. The lowest BCUT2D eigenvalue weighted by molar-refractivity contribution is -0.112. The van der Waals surface area contributed by atoms with Crippen molar-refractivity contribution in [3.8, 4) is 5.75 Å². The first-order valence-corrected chi connectivity index (χ1v) is 9.86. The molecule has 1 aromatic carbocycles. The summed E-state index contributed by atoms with van der Waals surface area (Å²) in [6.45, 7) is 2.14. The zero-order valence-corrected chi connectivity index (χ0v) is 16.7. The minimum Gasteiger partial charge on any atom is -0.503 e. The third kappa shape index (κ3) is 3.84. The van der Waals surface area contributed by atoms with Crippen LogP contribution in [0.2, 0.25) is 0 Å². The van der Waals surface area contributed by atoms with E-state index < -0.39 is 40.7 Å². The number of nitrogens with one attached hydrogen (secondary N) is 1. The highest BCUT2D eigenvalue weighted by atomic mass is 19.1. The van der Waals surface area contributed by atoms with E-state index in [9.17, 15) is 28.3 Å². The second kappa shape index (κ2) is 8.20. The van der Waals surface area contributed by atoms with Gasteiger partial charge in [0.05, 0.1) is 25.3 Å². The van der Waals surface area contributed by atoms with E-state index in [4.69, 9.17) is 4.74 Å². The molecule has 4 rings (SSSR count). The molecule has 1 saturated heterocycles. The molecule has 2 atom stereocenters. The maximum Gasteiger partial charge on any atom is 0.276 e. The van der Waals surface area contributed by atoms with Crippen molar-refractivity contribution in [1.29, 1.82) is 0 Å². The second-order valence-corrected chi connectivity index (χ2v) is 7.66. The Hall–Kier alpha value is -3.11. The number of fused-ring (bicyclic) bond motifs is 2. The Labute approximate surface area is 176 Å². The minimum absolute atomic E-state index is 0.0582. The third-order valence-electron chi connectivity index (χ3n) is 5.59. The molecule has 164 valence electrons. The van der Waals surface area contributed by atoms with E-state index in [0.29, 0.717) is 13.0 Å². The van der Waals surface area contributed by atoms with Crippen molar-refractivity contribution < 1.29 is 28.2 Å². The van der Waals surface area contributed by atoms with Crippen molar-refractivity contribution >= 4 is 11.7 Å². The standard InChI is InChI=1S/C21H21F2N3O5/c1-11-4-5-31-17-10-25-9-14(19(28)20(29)18(25)21(30)26(11)17)16(27)8-24-7-12-2-3-13(22)6-15(12)23/h2-3,6,9,11,17,24,29H,4-5,7-8,10H2,1H3/t11-,17+/m1/s1. The molecule has 10 heteroatoms. The molecule has 0 aliphatic carbocycles. The van der Waals surface area contributed by atoms with Crippen molar-refractivity contribution in [2.24, 2.45) is 0 Å². The van der Waals surface area contributed by atoms with Crippen molar-refractivity contribution in [3.05, 3.63) is 63.1 Å². The number of ketones is 1. The number of amides is 1. The molecular formula is C21H21F2N3O5. The quantitative estimate of drug-likeness (QED) is 0.692. The molecule has 0 spiro atoms. The van der Waals surface area contributed by atoms with E-state index in [1.165, 1.54) is 21.7 Å². The molecule has 1 amide bonds. The Kier molecular flexibility index (Phi) is 5.59. The molecule has 0 saturated carbocycles. The normalized spacial score (nSPS) is 20.4. The lowest BCUT2D eigenvalue weighted by atomic mass is 10.1. The number of aromatic hydroxyl groups is 1. The van der Waals surface area contributed by atoms with E-state index in [2.05, 4.69) is 5.32 Å². The predicted molar refractivity (Wildman–Crippen MR) is 105 cm³/mol. The summed E-state index contributed by atoms with van der Waals surface area (Å²) in [5.41, 5.74) is -1.24. The summed E-state index contributed by atoms with van der Waals surface area (Å²) in [5, 5.41) is 13.1. The topological polar surface area (TPSA) is 101 Å². The number of Topliss-reactive ketones (excluding diaryl/α,β-unsaturated/α-hetero) is 1. The van der Waals surface area contributed by atoms with E-state index >= 15 is 0 Å². The molecule has 2 aliphatic heterocycles. The summed E-state index contributed by atoms with van der Waals surface area (Å²) in [6.07, 6.45) is 1.34. The predicted octanol–water partition coefficient (Wildman–Crippen LogP) is 1.40. The van der Waals surface area contributed by atoms with Gasteiger partial charge in [-0.3, -0.25) is 14.4 Å². The molecule has 31 heavy (non-hydrogen) atoms. The van der Waals surface area contributed by atoms with Gasteiger partial charge in [0, 0.05) is 30.4 Å². The van der Waals surface area contributed by atoms with Gasteiger partial charge in [-0.2, -0.15) is 0 Å². The maximum atomic E-state index is 13.7. The van der Waals surface area contributed by atoms with Crippen LogP contribution in [0.3, 0.4) is 0 Å². The highest BCUT2D eigenvalue weighted by molar-refractivity contribution is 6.00. The summed E-state index contributed by atoms with van der Waals surface area (Å²) in [7, 11) is 0. The van der Waals surface area contributed by atoms with E-state index in [-0.39, 0.29) is 42.5 Å². The minimum atomic E-state index is -0.941. The fourth-order valence-electron chi connectivity index (χ4n) is 3.93.